The van der Waals surface area contributed by atoms with Crippen LogP contribution in [0.2, 0.25) is 0 Å². The van der Waals surface area contributed by atoms with Crippen LogP contribution in [-0.2, 0) is 4.74 Å². The summed E-state index contributed by atoms with van der Waals surface area (Å²) in [6, 6.07) is 2.01. The molecule has 0 saturated heterocycles. The maximum atomic E-state index is 5.31. The first kappa shape index (κ1) is 13.0. The highest BCUT2D eigenvalue weighted by Gasteiger charge is 2.07. The molecule has 2 aromatic heterocycles. The van der Waals surface area contributed by atoms with Gasteiger partial charge >= 0.3 is 0 Å². The number of nitrogens with one attached hydrogen (secondary N) is 2. The first-order valence-corrected chi connectivity index (χ1v) is 6.97. The molecular formula is C12H18N4OS. The molecule has 0 aromatic carbocycles. The van der Waals surface area contributed by atoms with Gasteiger partial charge in [-0.15, -0.1) is 11.3 Å². The van der Waals surface area contributed by atoms with Crippen LogP contribution in [0.15, 0.2) is 11.4 Å². The van der Waals surface area contributed by atoms with Crippen molar-refractivity contribution in [3.63, 3.8) is 0 Å². The molecule has 0 fully saturated rings. The zero-order valence-electron chi connectivity index (χ0n) is 10.7. The predicted octanol–water partition coefficient (Wildman–Crippen LogP) is 2.57. The normalized spacial score (nSPS) is 10.8. The molecule has 0 radical (unpaired) electrons. The molecule has 0 aliphatic heterocycles. The number of hydrogen-bond donors (Lipinski definition) is 2. The van der Waals surface area contributed by atoms with E-state index in [-0.39, 0.29) is 0 Å². The van der Waals surface area contributed by atoms with Crippen LogP contribution in [0.1, 0.15) is 13.3 Å². The lowest BCUT2D eigenvalue weighted by Crippen LogP contribution is -2.08. The van der Waals surface area contributed by atoms with Crippen molar-refractivity contribution in [2.45, 2.75) is 13.3 Å². The second-order valence-corrected chi connectivity index (χ2v) is 4.67. The number of hydrogen-bond acceptors (Lipinski definition) is 6. The van der Waals surface area contributed by atoms with Gasteiger partial charge in [0, 0.05) is 26.8 Å². The molecule has 0 spiro atoms. The van der Waals surface area contributed by atoms with Gasteiger partial charge in [-0.3, -0.25) is 0 Å². The Bertz CT molecular complexity index is 500. The first-order valence-electron chi connectivity index (χ1n) is 6.09. The number of aromatic nitrogens is 2. The summed E-state index contributed by atoms with van der Waals surface area (Å²) in [5, 5.41) is 8.36. The third-order valence-corrected chi connectivity index (χ3v) is 3.40. The van der Waals surface area contributed by atoms with Gasteiger partial charge in [0.2, 0.25) is 5.95 Å². The van der Waals surface area contributed by atoms with Gasteiger partial charge in [0.1, 0.15) is 5.82 Å². The molecule has 0 bridgehead atoms. The maximum Gasteiger partial charge on any atom is 0.225 e. The molecule has 0 aliphatic rings. The molecule has 2 heterocycles. The minimum Gasteiger partial charge on any atom is -0.382 e. The van der Waals surface area contributed by atoms with Crippen molar-refractivity contribution in [2.24, 2.45) is 0 Å². The van der Waals surface area contributed by atoms with E-state index in [1.165, 1.54) is 0 Å². The summed E-state index contributed by atoms with van der Waals surface area (Å²) in [6.45, 7) is 4.41. The van der Waals surface area contributed by atoms with E-state index >= 15 is 0 Å². The molecule has 0 atom stereocenters. The summed E-state index contributed by atoms with van der Waals surface area (Å²) in [4.78, 5) is 8.84. The Hall–Kier alpha value is -1.40. The fourth-order valence-corrected chi connectivity index (χ4v) is 2.42. The van der Waals surface area contributed by atoms with E-state index in [0.29, 0.717) is 5.95 Å². The van der Waals surface area contributed by atoms with E-state index in [2.05, 4.69) is 20.6 Å². The maximum absolute atomic E-state index is 5.31. The highest BCUT2D eigenvalue weighted by molar-refractivity contribution is 7.17. The molecule has 2 rings (SSSR count). The number of fused-ring (bicyclic) bond motifs is 1. The van der Waals surface area contributed by atoms with E-state index < -0.39 is 0 Å². The van der Waals surface area contributed by atoms with Crippen LogP contribution in [0, 0.1) is 0 Å². The standard InChI is InChI=1S/C12H18N4OS/c1-3-17-7-4-6-14-11-10-9(5-8-18-10)15-12(13-2)16-11/h5,8H,3-4,6-7H2,1-2H3,(H2,13,14,15,16). The number of thiophene rings is 1. The summed E-state index contributed by atoms with van der Waals surface area (Å²) < 4.78 is 6.41. The molecule has 0 amide bonds. The SMILES string of the molecule is CCOCCCNc1nc(NC)nc2ccsc12. The number of nitrogens with zero attached hydrogens (tertiary/aromatic N) is 2. The van der Waals surface area contributed by atoms with Gasteiger partial charge < -0.3 is 15.4 Å². The number of anilines is 2. The Morgan fingerprint density at radius 2 is 2.28 bits per heavy atom. The Morgan fingerprint density at radius 1 is 1.39 bits per heavy atom. The van der Waals surface area contributed by atoms with E-state index in [4.69, 9.17) is 4.74 Å². The molecule has 18 heavy (non-hydrogen) atoms. The van der Waals surface area contributed by atoms with Crippen molar-refractivity contribution in [3.05, 3.63) is 11.4 Å². The zero-order valence-corrected chi connectivity index (χ0v) is 11.5. The minimum absolute atomic E-state index is 0.646. The van der Waals surface area contributed by atoms with Gasteiger partial charge in [-0.2, -0.15) is 4.98 Å². The van der Waals surface area contributed by atoms with Crippen LogP contribution < -0.4 is 10.6 Å². The minimum atomic E-state index is 0.646. The van der Waals surface area contributed by atoms with E-state index in [9.17, 15) is 0 Å². The highest BCUT2D eigenvalue weighted by Crippen LogP contribution is 2.26. The van der Waals surface area contributed by atoms with Gasteiger partial charge in [-0.1, -0.05) is 0 Å². The fraction of sp³-hybridized carbons (Fsp3) is 0.500. The van der Waals surface area contributed by atoms with Gasteiger partial charge in [0.25, 0.3) is 0 Å². The molecule has 2 aromatic rings. The lowest BCUT2D eigenvalue weighted by Gasteiger charge is -2.08. The third-order valence-electron chi connectivity index (χ3n) is 2.49. The first-order chi connectivity index (χ1) is 8.85. The lowest BCUT2D eigenvalue weighted by atomic mass is 10.4. The molecule has 0 aliphatic carbocycles. The van der Waals surface area contributed by atoms with Crippen molar-refractivity contribution < 1.29 is 4.74 Å². The average Bonchev–Trinajstić information content (AvgIpc) is 2.86. The fourth-order valence-electron chi connectivity index (χ4n) is 1.62. The Morgan fingerprint density at radius 3 is 3.06 bits per heavy atom. The monoisotopic (exact) mass is 266 g/mol. The summed E-state index contributed by atoms with van der Waals surface area (Å²) in [5.41, 5.74) is 0.978. The molecule has 0 saturated carbocycles. The van der Waals surface area contributed by atoms with Crippen molar-refractivity contribution in [2.75, 3.05) is 37.4 Å². The van der Waals surface area contributed by atoms with Crippen LogP contribution in [0.25, 0.3) is 10.2 Å². The van der Waals surface area contributed by atoms with Crippen molar-refractivity contribution >= 4 is 33.3 Å². The quantitative estimate of drug-likeness (QED) is 0.754. The van der Waals surface area contributed by atoms with E-state index in [0.717, 1.165) is 42.2 Å². The summed E-state index contributed by atoms with van der Waals surface area (Å²) in [6.07, 6.45) is 0.972. The molecular weight excluding hydrogens is 248 g/mol. The van der Waals surface area contributed by atoms with Crippen LogP contribution in [0.3, 0.4) is 0 Å². The average molecular weight is 266 g/mol. The van der Waals surface area contributed by atoms with Crippen molar-refractivity contribution in [1.29, 1.82) is 0 Å². The Balaban J connectivity index is 2.04. The van der Waals surface area contributed by atoms with Crippen LogP contribution in [-0.4, -0.2) is 36.8 Å². The second-order valence-electron chi connectivity index (χ2n) is 3.76. The van der Waals surface area contributed by atoms with Crippen molar-refractivity contribution in [1.82, 2.24) is 9.97 Å². The molecule has 2 N–H and O–H groups in total. The van der Waals surface area contributed by atoms with Gasteiger partial charge in [-0.25, -0.2) is 4.98 Å². The zero-order chi connectivity index (χ0) is 12.8. The summed E-state index contributed by atoms with van der Waals surface area (Å²) >= 11 is 1.65. The molecule has 0 unspecified atom stereocenters. The van der Waals surface area contributed by atoms with Crippen LogP contribution in [0.4, 0.5) is 11.8 Å². The number of ether oxygens (including phenoxy) is 1. The van der Waals surface area contributed by atoms with Gasteiger partial charge in [0.15, 0.2) is 0 Å². The topological polar surface area (TPSA) is 59.1 Å². The summed E-state index contributed by atoms with van der Waals surface area (Å²) in [5.74, 6) is 1.55. The molecule has 98 valence electrons. The molecule has 6 heteroatoms. The van der Waals surface area contributed by atoms with E-state index in [1.807, 2.05) is 25.4 Å². The van der Waals surface area contributed by atoms with Crippen LogP contribution >= 0.6 is 11.3 Å². The van der Waals surface area contributed by atoms with Crippen LogP contribution in [0.5, 0.6) is 0 Å². The Labute approximate surface area is 111 Å². The highest BCUT2D eigenvalue weighted by atomic mass is 32.1. The Kier molecular flexibility index (Phi) is 4.72. The second kappa shape index (κ2) is 6.51. The summed E-state index contributed by atoms with van der Waals surface area (Å²) in [7, 11) is 1.83. The number of rotatable bonds is 7. The smallest absolute Gasteiger partial charge is 0.225 e. The third kappa shape index (κ3) is 3.08. The lowest BCUT2D eigenvalue weighted by molar-refractivity contribution is 0.147. The van der Waals surface area contributed by atoms with Gasteiger partial charge in [-0.05, 0) is 24.8 Å². The van der Waals surface area contributed by atoms with E-state index in [1.54, 1.807) is 11.3 Å². The predicted molar refractivity (Wildman–Crippen MR) is 76.6 cm³/mol. The largest absolute Gasteiger partial charge is 0.382 e. The van der Waals surface area contributed by atoms with Crippen molar-refractivity contribution in [3.8, 4) is 0 Å². The van der Waals surface area contributed by atoms with Gasteiger partial charge in [0.05, 0.1) is 10.2 Å². The molecule has 5 nitrogen and oxygen atoms in total.